The van der Waals surface area contributed by atoms with E-state index in [0.29, 0.717) is 11.6 Å². The maximum absolute atomic E-state index is 14.4. The number of aromatic nitrogens is 2. The molecule has 220 valence electrons. The predicted octanol–water partition coefficient (Wildman–Crippen LogP) is 7.75. The van der Waals surface area contributed by atoms with Gasteiger partial charge in [-0.2, -0.15) is 18.3 Å². The number of alkyl halides is 3. The van der Waals surface area contributed by atoms with Gasteiger partial charge in [0, 0.05) is 35.1 Å². The van der Waals surface area contributed by atoms with E-state index in [-0.39, 0.29) is 47.8 Å². The van der Waals surface area contributed by atoms with Crippen molar-refractivity contribution in [1.29, 1.82) is 0 Å². The Kier molecular flexibility index (Phi) is 9.28. The first-order valence-electron chi connectivity index (χ1n) is 12.8. The second-order valence-electron chi connectivity index (χ2n) is 10.2. The lowest BCUT2D eigenvalue weighted by Gasteiger charge is -2.29. The first kappa shape index (κ1) is 30.8. The van der Waals surface area contributed by atoms with Crippen molar-refractivity contribution >= 4 is 35.1 Å². The van der Waals surface area contributed by atoms with Crippen LogP contribution in [0.5, 0.6) is 0 Å². The minimum Gasteiger partial charge on any atom is -0.481 e. The van der Waals surface area contributed by atoms with Crippen LogP contribution in [0.15, 0.2) is 42.6 Å². The normalized spacial score (nSPS) is 18.2. The summed E-state index contributed by atoms with van der Waals surface area (Å²) in [5.74, 6) is -5.10. The topological polar surface area (TPSA) is 75.4 Å². The Morgan fingerprint density at radius 1 is 1.07 bits per heavy atom. The van der Waals surface area contributed by atoms with Gasteiger partial charge < -0.3 is 10.0 Å². The van der Waals surface area contributed by atoms with Gasteiger partial charge in [-0.25, -0.2) is 8.78 Å². The number of aliphatic carboxylic acids is 1. The molecule has 1 fully saturated rings. The van der Waals surface area contributed by atoms with Crippen molar-refractivity contribution in [3.8, 4) is 0 Å². The van der Waals surface area contributed by atoms with Gasteiger partial charge in [-0.3, -0.25) is 14.3 Å². The summed E-state index contributed by atoms with van der Waals surface area (Å²) in [7, 11) is 0. The molecule has 1 N–H and O–H groups in total. The van der Waals surface area contributed by atoms with Crippen molar-refractivity contribution in [3.63, 3.8) is 0 Å². The smallest absolute Gasteiger partial charge is 0.433 e. The number of benzene rings is 2. The standard InChI is InChI=1S/C28H26Cl2F5N3O3/c1-15(24-22(29)3-2-4-23(24)30)13-37(14-16-9-18(31)11-19(32)10-16)26(39)21-12-36-38(25(21)28(33,34)35)20-7-5-17(6-8-20)27(40)41/h2-4,9-12,15,17,20H,5-8,13-14H2,1H3,(H,40,41)/t15?,17-,20-. The number of carbonyl (C=O) groups is 2. The Balaban J connectivity index is 1.72. The number of carbonyl (C=O) groups excluding carboxylic acids is 1. The number of hydrogen-bond donors (Lipinski definition) is 1. The predicted molar refractivity (Wildman–Crippen MR) is 142 cm³/mol. The Morgan fingerprint density at radius 3 is 2.20 bits per heavy atom. The molecule has 1 amide bonds. The van der Waals surface area contributed by atoms with E-state index in [1.165, 1.54) is 0 Å². The van der Waals surface area contributed by atoms with Gasteiger partial charge in [0.1, 0.15) is 11.6 Å². The summed E-state index contributed by atoms with van der Waals surface area (Å²) in [6, 6.07) is 6.66. The molecule has 13 heteroatoms. The van der Waals surface area contributed by atoms with Gasteiger partial charge in [-0.05, 0) is 61.1 Å². The second kappa shape index (κ2) is 12.4. The maximum atomic E-state index is 14.4. The van der Waals surface area contributed by atoms with E-state index < -0.39 is 65.4 Å². The van der Waals surface area contributed by atoms with Crippen LogP contribution in [0.2, 0.25) is 10.0 Å². The summed E-state index contributed by atoms with van der Waals surface area (Å²) in [4.78, 5) is 26.2. The van der Waals surface area contributed by atoms with Gasteiger partial charge in [0.25, 0.3) is 5.91 Å². The summed E-state index contributed by atoms with van der Waals surface area (Å²) < 4.78 is 72.0. The molecule has 0 saturated heterocycles. The van der Waals surface area contributed by atoms with Crippen LogP contribution in [0, 0.1) is 17.6 Å². The molecule has 1 aromatic heterocycles. The van der Waals surface area contributed by atoms with E-state index in [9.17, 15) is 36.6 Å². The highest BCUT2D eigenvalue weighted by Crippen LogP contribution is 2.40. The number of nitrogens with zero attached hydrogens (tertiary/aromatic N) is 3. The molecule has 2 aromatic carbocycles. The van der Waals surface area contributed by atoms with Crippen LogP contribution in [-0.4, -0.2) is 38.2 Å². The summed E-state index contributed by atoms with van der Waals surface area (Å²) in [6.07, 6.45) is -3.50. The van der Waals surface area contributed by atoms with E-state index in [2.05, 4.69) is 5.10 Å². The molecule has 1 heterocycles. The Morgan fingerprint density at radius 2 is 1.66 bits per heavy atom. The highest BCUT2D eigenvalue weighted by atomic mass is 35.5. The van der Waals surface area contributed by atoms with Crippen molar-refractivity contribution in [2.75, 3.05) is 6.54 Å². The molecular formula is C28H26Cl2F5N3O3. The fraction of sp³-hybridized carbons (Fsp3) is 0.393. The zero-order valence-corrected chi connectivity index (χ0v) is 23.3. The molecule has 0 radical (unpaired) electrons. The molecule has 1 aliphatic carbocycles. The lowest BCUT2D eigenvalue weighted by molar-refractivity contribution is -0.147. The van der Waals surface area contributed by atoms with Gasteiger partial charge in [-0.15, -0.1) is 0 Å². The van der Waals surface area contributed by atoms with E-state index in [0.717, 1.165) is 27.9 Å². The minimum absolute atomic E-state index is 0.0289. The fourth-order valence-electron chi connectivity index (χ4n) is 5.36. The summed E-state index contributed by atoms with van der Waals surface area (Å²) in [5, 5.41) is 13.7. The molecule has 41 heavy (non-hydrogen) atoms. The lowest BCUT2D eigenvalue weighted by atomic mass is 9.86. The zero-order chi connectivity index (χ0) is 30.1. The van der Waals surface area contributed by atoms with Crippen molar-refractivity contribution in [2.45, 2.75) is 57.3 Å². The highest BCUT2D eigenvalue weighted by molar-refractivity contribution is 6.36. The molecule has 4 rings (SSSR count). The van der Waals surface area contributed by atoms with Crippen molar-refractivity contribution < 1.29 is 36.6 Å². The number of hydrogen-bond acceptors (Lipinski definition) is 3. The summed E-state index contributed by atoms with van der Waals surface area (Å²) >= 11 is 12.6. The zero-order valence-electron chi connectivity index (χ0n) is 21.8. The monoisotopic (exact) mass is 617 g/mol. The van der Waals surface area contributed by atoms with Crippen molar-refractivity contribution in [3.05, 3.63) is 86.7 Å². The van der Waals surface area contributed by atoms with E-state index in [1.807, 2.05) is 0 Å². The quantitative estimate of drug-likeness (QED) is 0.262. The van der Waals surface area contributed by atoms with Crippen LogP contribution in [0.4, 0.5) is 22.0 Å². The van der Waals surface area contributed by atoms with E-state index in [4.69, 9.17) is 23.2 Å². The van der Waals surface area contributed by atoms with Crippen LogP contribution in [0.25, 0.3) is 0 Å². The summed E-state index contributed by atoms with van der Waals surface area (Å²) in [5.41, 5.74) is -1.51. The van der Waals surface area contributed by atoms with Crippen LogP contribution >= 0.6 is 23.2 Å². The number of halogens is 7. The average molecular weight is 618 g/mol. The van der Waals surface area contributed by atoms with Crippen molar-refractivity contribution in [2.24, 2.45) is 5.92 Å². The number of rotatable bonds is 8. The molecule has 0 bridgehead atoms. The van der Waals surface area contributed by atoms with Gasteiger partial charge in [0.15, 0.2) is 5.69 Å². The largest absolute Gasteiger partial charge is 0.481 e. The molecule has 1 unspecified atom stereocenters. The molecule has 6 nitrogen and oxygen atoms in total. The highest BCUT2D eigenvalue weighted by Gasteiger charge is 2.43. The van der Waals surface area contributed by atoms with Gasteiger partial charge in [-0.1, -0.05) is 36.2 Å². The minimum atomic E-state index is -4.97. The molecule has 1 atom stereocenters. The van der Waals surface area contributed by atoms with Gasteiger partial charge in [0.05, 0.1) is 23.7 Å². The van der Waals surface area contributed by atoms with Crippen LogP contribution in [0.3, 0.4) is 0 Å². The third kappa shape index (κ3) is 7.01. The Bertz CT molecular complexity index is 1400. The van der Waals surface area contributed by atoms with Crippen LogP contribution in [0.1, 0.15) is 71.7 Å². The molecule has 1 saturated carbocycles. The average Bonchev–Trinajstić information content (AvgIpc) is 3.33. The third-order valence-electron chi connectivity index (χ3n) is 7.26. The number of carboxylic acids is 1. The van der Waals surface area contributed by atoms with Crippen LogP contribution in [-0.2, 0) is 17.5 Å². The third-order valence-corrected chi connectivity index (χ3v) is 7.92. The van der Waals surface area contributed by atoms with Gasteiger partial charge >= 0.3 is 12.1 Å². The van der Waals surface area contributed by atoms with Crippen LogP contribution < -0.4 is 0 Å². The second-order valence-corrected chi connectivity index (χ2v) is 11.0. The lowest BCUT2D eigenvalue weighted by Crippen LogP contribution is -2.35. The van der Waals surface area contributed by atoms with Crippen molar-refractivity contribution in [1.82, 2.24) is 14.7 Å². The molecular weight excluding hydrogens is 592 g/mol. The fourth-order valence-corrected chi connectivity index (χ4v) is 6.13. The Labute approximate surface area is 242 Å². The van der Waals surface area contributed by atoms with E-state index in [1.54, 1.807) is 25.1 Å². The molecule has 0 aliphatic heterocycles. The Hall–Kier alpha value is -3.18. The SMILES string of the molecule is CC(CN(Cc1cc(F)cc(F)c1)C(=O)c1cnn([C@H]2CC[C@H](C(=O)O)CC2)c1C(F)(F)F)c1c(Cl)cccc1Cl. The molecule has 3 aromatic rings. The first-order chi connectivity index (χ1) is 19.3. The number of carboxylic acid groups (broad SMARTS) is 1. The van der Waals surface area contributed by atoms with E-state index >= 15 is 0 Å². The first-order valence-corrected chi connectivity index (χ1v) is 13.6. The number of amides is 1. The molecule has 0 spiro atoms. The maximum Gasteiger partial charge on any atom is 0.433 e. The summed E-state index contributed by atoms with van der Waals surface area (Å²) in [6.45, 7) is 1.08. The van der Waals surface area contributed by atoms with Gasteiger partial charge in [0.2, 0.25) is 0 Å². The molecule has 1 aliphatic rings.